The molecule has 0 aliphatic rings. The summed E-state index contributed by atoms with van der Waals surface area (Å²) in [5, 5.41) is 9.81. The summed E-state index contributed by atoms with van der Waals surface area (Å²) in [5.74, 6) is 0.161. The predicted octanol–water partition coefficient (Wildman–Crippen LogP) is 3.67. The lowest BCUT2D eigenvalue weighted by molar-refractivity contribution is 0.0995. The van der Waals surface area contributed by atoms with Crippen molar-refractivity contribution in [1.82, 2.24) is 14.8 Å². The van der Waals surface area contributed by atoms with Gasteiger partial charge in [-0.15, -0.1) is 0 Å². The summed E-state index contributed by atoms with van der Waals surface area (Å²) >= 11 is 0. The number of carbonyl (C=O) groups is 2. The second-order valence-electron chi connectivity index (χ2n) is 6.21. The molecule has 4 rings (SSSR count). The summed E-state index contributed by atoms with van der Waals surface area (Å²) in [6.07, 6.45) is 4.60. The van der Waals surface area contributed by atoms with E-state index in [-0.39, 0.29) is 17.6 Å². The van der Waals surface area contributed by atoms with Crippen LogP contribution in [0, 0.1) is 6.92 Å². The Bertz CT molecular complexity index is 1150. The highest BCUT2D eigenvalue weighted by Crippen LogP contribution is 2.19. The third kappa shape index (κ3) is 3.91. The van der Waals surface area contributed by atoms with Gasteiger partial charge in [0.25, 0.3) is 11.8 Å². The fraction of sp³-hybridized carbons (Fsp3) is 0.0476. The van der Waals surface area contributed by atoms with Crippen LogP contribution in [-0.4, -0.2) is 26.6 Å². The molecule has 3 aromatic heterocycles. The smallest absolute Gasteiger partial charge is 0.291 e. The van der Waals surface area contributed by atoms with E-state index in [0.717, 1.165) is 0 Å². The first kappa shape index (κ1) is 18.2. The van der Waals surface area contributed by atoms with Crippen molar-refractivity contribution < 1.29 is 14.0 Å². The zero-order chi connectivity index (χ0) is 20.2. The van der Waals surface area contributed by atoms with Gasteiger partial charge in [-0.05, 0) is 49.4 Å². The number of carbonyl (C=O) groups excluding carboxylic acids is 2. The molecule has 8 heteroatoms. The van der Waals surface area contributed by atoms with Gasteiger partial charge in [0.15, 0.2) is 11.6 Å². The molecule has 0 bridgehead atoms. The van der Waals surface area contributed by atoms with Crippen LogP contribution in [0.1, 0.15) is 26.6 Å². The van der Waals surface area contributed by atoms with Gasteiger partial charge in [-0.2, -0.15) is 5.10 Å². The topological polar surface area (TPSA) is 102 Å². The monoisotopic (exact) mass is 387 g/mol. The number of amides is 2. The molecule has 3 heterocycles. The van der Waals surface area contributed by atoms with Crippen LogP contribution < -0.4 is 10.6 Å². The van der Waals surface area contributed by atoms with E-state index in [4.69, 9.17) is 4.42 Å². The largest absolute Gasteiger partial charge is 0.459 e. The van der Waals surface area contributed by atoms with Crippen LogP contribution >= 0.6 is 0 Å². The molecule has 0 spiro atoms. The van der Waals surface area contributed by atoms with Gasteiger partial charge in [0.1, 0.15) is 0 Å². The molecule has 2 N–H and O–H groups in total. The molecule has 0 atom stereocenters. The number of hydrogen-bond donors (Lipinski definition) is 2. The van der Waals surface area contributed by atoms with E-state index < -0.39 is 0 Å². The quantitative estimate of drug-likeness (QED) is 0.544. The van der Waals surface area contributed by atoms with Crippen LogP contribution in [0.4, 0.5) is 11.4 Å². The highest BCUT2D eigenvalue weighted by atomic mass is 16.3. The van der Waals surface area contributed by atoms with Crippen molar-refractivity contribution >= 4 is 23.2 Å². The van der Waals surface area contributed by atoms with Gasteiger partial charge in [-0.25, -0.2) is 9.67 Å². The lowest BCUT2D eigenvalue weighted by Crippen LogP contribution is -2.14. The first-order chi connectivity index (χ1) is 14.1. The molecule has 0 unspecified atom stereocenters. The molecule has 29 heavy (non-hydrogen) atoms. The Morgan fingerprint density at radius 3 is 2.45 bits per heavy atom. The van der Waals surface area contributed by atoms with Crippen LogP contribution in [0.25, 0.3) is 5.82 Å². The molecule has 4 aromatic rings. The summed E-state index contributed by atoms with van der Waals surface area (Å²) in [7, 11) is 0. The zero-order valence-electron chi connectivity index (χ0n) is 15.5. The Hall–Kier alpha value is -4.20. The van der Waals surface area contributed by atoms with Crippen LogP contribution in [0.2, 0.25) is 0 Å². The zero-order valence-corrected chi connectivity index (χ0v) is 15.5. The van der Waals surface area contributed by atoms with Crippen LogP contribution in [-0.2, 0) is 0 Å². The summed E-state index contributed by atoms with van der Waals surface area (Å²) in [6.45, 7) is 1.80. The number of pyridine rings is 1. The Morgan fingerprint density at radius 1 is 0.966 bits per heavy atom. The Kier molecular flexibility index (Phi) is 4.90. The van der Waals surface area contributed by atoms with Crippen LogP contribution in [0.5, 0.6) is 0 Å². The molecule has 0 aliphatic heterocycles. The molecule has 0 saturated heterocycles. The lowest BCUT2D eigenvalue weighted by atomic mass is 10.2. The van der Waals surface area contributed by atoms with E-state index in [1.54, 1.807) is 54.2 Å². The molecule has 0 aliphatic carbocycles. The normalized spacial score (nSPS) is 10.5. The lowest BCUT2D eigenvalue weighted by Gasteiger charge is -2.08. The number of aromatic nitrogens is 3. The minimum Gasteiger partial charge on any atom is -0.459 e. The summed E-state index contributed by atoms with van der Waals surface area (Å²) in [5.41, 5.74) is 2.17. The van der Waals surface area contributed by atoms with Crippen molar-refractivity contribution in [2.24, 2.45) is 0 Å². The second-order valence-corrected chi connectivity index (χ2v) is 6.21. The Morgan fingerprint density at radius 2 is 1.76 bits per heavy atom. The van der Waals surface area contributed by atoms with E-state index in [0.29, 0.717) is 28.5 Å². The number of hydrogen-bond acceptors (Lipinski definition) is 5. The molecule has 1 aromatic carbocycles. The van der Waals surface area contributed by atoms with E-state index >= 15 is 0 Å². The van der Waals surface area contributed by atoms with E-state index in [1.807, 2.05) is 18.2 Å². The average Bonchev–Trinajstić information content (AvgIpc) is 3.39. The number of benzene rings is 1. The molecule has 0 radical (unpaired) electrons. The first-order valence-corrected chi connectivity index (χ1v) is 8.84. The van der Waals surface area contributed by atoms with E-state index in [1.165, 1.54) is 12.5 Å². The third-order valence-corrected chi connectivity index (χ3v) is 4.24. The van der Waals surface area contributed by atoms with Gasteiger partial charge in [0, 0.05) is 17.6 Å². The fourth-order valence-electron chi connectivity index (χ4n) is 2.82. The first-order valence-electron chi connectivity index (χ1n) is 8.84. The highest BCUT2D eigenvalue weighted by molar-refractivity contribution is 6.06. The maximum absolute atomic E-state index is 12.7. The van der Waals surface area contributed by atoms with E-state index in [2.05, 4.69) is 20.7 Å². The number of nitrogens with zero attached hydrogens (tertiary/aromatic N) is 3. The molecule has 8 nitrogen and oxygen atoms in total. The van der Waals surface area contributed by atoms with Gasteiger partial charge in [-0.1, -0.05) is 12.1 Å². The summed E-state index contributed by atoms with van der Waals surface area (Å²) in [4.78, 5) is 29.1. The van der Waals surface area contributed by atoms with Gasteiger partial charge in [0.05, 0.1) is 23.7 Å². The second kappa shape index (κ2) is 7.81. The molecule has 2 amide bonds. The average molecular weight is 387 g/mol. The van der Waals surface area contributed by atoms with Crippen molar-refractivity contribution in [2.45, 2.75) is 6.92 Å². The molecular weight excluding hydrogens is 370 g/mol. The van der Waals surface area contributed by atoms with Crippen molar-refractivity contribution in [3.63, 3.8) is 0 Å². The number of furan rings is 1. The molecule has 144 valence electrons. The molecular formula is C21H17N5O3. The third-order valence-electron chi connectivity index (χ3n) is 4.24. The van der Waals surface area contributed by atoms with E-state index in [9.17, 15) is 9.59 Å². The van der Waals surface area contributed by atoms with Crippen molar-refractivity contribution in [3.8, 4) is 5.82 Å². The standard InChI is InChI=1S/C21H17N5O3/c1-14-17(13-23-26(14)19-9-2-3-10-22-19)20(27)24-15-6-4-7-16(12-15)25-21(28)18-8-5-11-29-18/h2-13H,1H3,(H,24,27)(H,25,28). The maximum atomic E-state index is 12.7. The highest BCUT2D eigenvalue weighted by Gasteiger charge is 2.16. The molecule has 0 saturated carbocycles. The minimum absolute atomic E-state index is 0.206. The maximum Gasteiger partial charge on any atom is 0.291 e. The predicted molar refractivity (Wildman–Crippen MR) is 107 cm³/mol. The van der Waals surface area contributed by atoms with Crippen molar-refractivity contribution in [2.75, 3.05) is 10.6 Å². The Labute approximate surface area is 166 Å². The van der Waals surface area contributed by atoms with Crippen LogP contribution in [0.3, 0.4) is 0 Å². The summed E-state index contributed by atoms with van der Waals surface area (Å²) in [6, 6.07) is 15.5. The number of rotatable bonds is 5. The Balaban J connectivity index is 1.49. The summed E-state index contributed by atoms with van der Waals surface area (Å²) < 4.78 is 6.68. The van der Waals surface area contributed by atoms with Crippen molar-refractivity contribution in [1.29, 1.82) is 0 Å². The van der Waals surface area contributed by atoms with Gasteiger partial charge in [0.2, 0.25) is 0 Å². The van der Waals surface area contributed by atoms with Crippen LogP contribution in [0.15, 0.2) is 77.7 Å². The van der Waals surface area contributed by atoms with Gasteiger partial charge < -0.3 is 15.1 Å². The fourth-order valence-corrected chi connectivity index (χ4v) is 2.82. The van der Waals surface area contributed by atoms with Gasteiger partial charge >= 0.3 is 0 Å². The number of anilines is 2. The minimum atomic E-state index is -0.369. The SMILES string of the molecule is Cc1c(C(=O)Nc2cccc(NC(=O)c3ccco3)c2)cnn1-c1ccccn1. The van der Waals surface area contributed by atoms with Crippen molar-refractivity contribution in [3.05, 3.63) is 90.3 Å². The molecule has 0 fully saturated rings. The van der Waals surface area contributed by atoms with Gasteiger partial charge in [-0.3, -0.25) is 9.59 Å². The number of nitrogens with one attached hydrogen (secondary N) is 2.